The highest BCUT2D eigenvalue weighted by Crippen LogP contribution is 2.29. The number of benzene rings is 4. The summed E-state index contributed by atoms with van der Waals surface area (Å²) >= 11 is 0. The standard InChI is InChI=1S/C29H23N3O2/c1-18-13-22-15-23-14-19(2)25(32-29(34)21-11-7-4-8-12-21)17-27(23)30-26(22)16-24(18)31-28(33)20-9-5-3-6-10-20/h3-17H,1-2H3,(H,31,33)(H,32,34). The zero-order valence-electron chi connectivity index (χ0n) is 18.9. The molecule has 5 rings (SSSR count). The van der Waals surface area contributed by atoms with E-state index in [2.05, 4.69) is 16.7 Å². The van der Waals surface area contributed by atoms with Crippen molar-refractivity contribution >= 4 is 45.0 Å². The van der Waals surface area contributed by atoms with Crippen molar-refractivity contribution in [2.45, 2.75) is 13.8 Å². The van der Waals surface area contributed by atoms with Crippen molar-refractivity contribution in [3.05, 3.63) is 113 Å². The third-order valence-electron chi connectivity index (χ3n) is 5.87. The maximum atomic E-state index is 12.6. The largest absolute Gasteiger partial charge is 0.322 e. The Morgan fingerprint density at radius 1 is 0.588 bits per heavy atom. The molecule has 0 radical (unpaired) electrons. The zero-order chi connectivity index (χ0) is 23.7. The van der Waals surface area contributed by atoms with Crippen molar-refractivity contribution < 1.29 is 9.59 Å². The number of pyridine rings is 1. The Balaban J connectivity index is 1.50. The SMILES string of the molecule is Cc1cc2cc3cc(C)c(NC(=O)c4ccccc4)cc3nc2cc1NC(=O)c1ccccc1. The highest BCUT2D eigenvalue weighted by Gasteiger charge is 2.12. The summed E-state index contributed by atoms with van der Waals surface area (Å²) in [5.74, 6) is -0.323. The van der Waals surface area contributed by atoms with Gasteiger partial charge in [0, 0.05) is 33.3 Å². The van der Waals surface area contributed by atoms with Gasteiger partial charge >= 0.3 is 0 Å². The first-order chi connectivity index (χ1) is 16.5. The molecule has 0 unspecified atom stereocenters. The molecule has 5 heteroatoms. The van der Waals surface area contributed by atoms with Crippen molar-refractivity contribution in [2.75, 3.05) is 10.6 Å². The minimum atomic E-state index is -0.162. The molecule has 0 fully saturated rings. The highest BCUT2D eigenvalue weighted by molar-refractivity contribution is 6.07. The fraction of sp³-hybridized carbons (Fsp3) is 0.0690. The molecular formula is C29H23N3O2. The highest BCUT2D eigenvalue weighted by atomic mass is 16.2. The van der Waals surface area contributed by atoms with Crippen molar-refractivity contribution in [3.63, 3.8) is 0 Å². The van der Waals surface area contributed by atoms with Crippen molar-refractivity contribution in [2.24, 2.45) is 0 Å². The first-order valence-electron chi connectivity index (χ1n) is 11.1. The molecule has 1 heterocycles. The molecular weight excluding hydrogens is 422 g/mol. The van der Waals surface area contributed by atoms with Crippen LogP contribution in [-0.2, 0) is 0 Å². The molecule has 0 aliphatic rings. The summed E-state index contributed by atoms with van der Waals surface area (Å²) in [5.41, 5.74) is 6.10. The lowest BCUT2D eigenvalue weighted by molar-refractivity contribution is 0.101. The van der Waals surface area contributed by atoms with Crippen LogP contribution in [0.3, 0.4) is 0 Å². The molecule has 0 bridgehead atoms. The number of anilines is 2. The molecule has 34 heavy (non-hydrogen) atoms. The smallest absolute Gasteiger partial charge is 0.255 e. The summed E-state index contributed by atoms with van der Waals surface area (Å²) in [4.78, 5) is 30.1. The van der Waals surface area contributed by atoms with Gasteiger partial charge in [-0.15, -0.1) is 0 Å². The number of hydrogen-bond donors (Lipinski definition) is 2. The van der Waals surface area contributed by atoms with Crippen LogP contribution >= 0.6 is 0 Å². The third kappa shape index (κ3) is 4.24. The van der Waals surface area contributed by atoms with Crippen LogP contribution in [0.5, 0.6) is 0 Å². The lowest BCUT2D eigenvalue weighted by Crippen LogP contribution is -2.13. The topological polar surface area (TPSA) is 71.1 Å². The first kappa shape index (κ1) is 21.3. The normalized spacial score (nSPS) is 10.9. The van der Waals surface area contributed by atoms with E-state index in [1.54, 1.807) is 24.3 Å². The van der Waals surface area contributed by atoms with Crippen LogP contribution in [0.1, 0.15) is 31.8 Å². The van der Waals surface area contributed by atoms with Crippen molar-refractivity contribution in [3.8, 4) is 0 Å². The van der Waals surface area contributed by atoms with Gasteiger partial charge in [-0.05, 0) is 79.6 Å². The number of amides is 2. The lowest BCUT2D eigenvalue weighted by atomic mass is 10.0. The Morgan fingerprint density at radius 2 is 1.00 bits per heavy atom. The Hall–Kier alpha value is -4.51. The molecule has 1 aromatic heterocycles. The number of nitrogens with one attached hydrogen (secondary N) is 2. The average Bonchev–Trinajstić information content (AvgIpc) is 2.85. The fourth-order valence-electron chi connectivity index (χ4n) is 4.00. The molecule has 0 aliphatic heterocycles. The second-order valence-electron chi connectivity index (χ2n) is 8.35. The molecule has 0 atom stereocenters. The van der Waals surface area contributed by atoms with Gasteiger partial charge in [-0.25, -0.2) is 4.98 Å². The number of aryl methyl sites for hydroxylation is 2. The summed E-state index contributed by atoms with van der Waals surface area (Å²) in [6.07, 6.45) is 0. The Labute approximate surface area is 197 Å². The van der Waals surface area contributed by atoms with Crippen LogP contribution in [0, 0.1) is 13.8 Å². The predicted molar refractivity (Wildman–Crippen MR) is 138 cm³/mol. The number of rotatable bonds is 4. The van der Waals surface area contributed by atoms with Gasteiger partial charge < -0.3 is 10.6 Å². The molecule has 0 aliphatic carbocycles. The van der Waals surface area contributed by atoms with Gasteiger partial charge in [-0.3, -0.25) is 9.59 Å². The van der Waals surface area contributed by atoms with Crippen LogP contribution in [0.15, 0.2) is 91.0 Å². The number of hydrogen-bond acceptors (Lipinski definition) is 3. The predicted octanol–water partition coefficient (Wildman–Crippen LogP) is 6.51. The van der Waals surface area contributed by atoms with Crippen LogP contribution in [0.25, 0.3) is 21.8 Å². The minimum absolute atomic E-state index is 0.162. The molecule has 5 nitrogen and oxygen atoms in total. The summed E-state index contributed by atoms with van der Waals surface area (Å²) in [6.45, 7) is 3.94. The second kappa shape index (κ2) is 8.79. The first-order valence-corrected chi connectivity index (χ1v) is 11.1. The van der Waals surface area contributed by atoms with Crippen LogP contribution in [0.4, 0.5) is 11.4 Å². The van der Waals surface area contributed by atoms with Crippen LogP contribution in [-0.4, -0.2) is 16.8 Å². The summed E-state index contributed by atoms with van der Waals surface area (Å²) in [5, 5.41) is 7.97. The van der Waals surface area contributed by atoms with Crippen molar-refractivity contribution in [1.29, 1.82) is 0 Å². The minimum Gasteiger partial charge on any atom is -0.322 e. The van der Waals surface area contributed by atoms with Crippen LogP contribution < -0.4 is 10.6 Å². The van der Waals surface area contributed by atoms with E-state index in [0.29, 0.717) is 11.1 Å². The molecule has 166 valence electrons. The van der Waals surface area contributed by atoms with Gasteiger partial charge in [0.1, 0.15) is 0 Å². The van der Waals surface area contributed by atoms with E-state index < -0.39 is 0 Å². The van der Waals surface area contributed by atoms with E-state index in [1.807, 2.05) is 74.5 Å². The number of nitrogens with zero attached hydrogens (tertiary/aromatic N) is 1. The van der Waals surface area contributed by atoms with E-state index in [-0.39, 0.29) is 11.8 Å². The average molecular weight is 446 g/mol. The number of carbonyl (C=O) groups excluding carboxylic acids is 2. The van der Waals surface area contributed by atoms with E-state index in [4.69, 9.17) is 4.98 Å². The van der Waals surface area contributed by atoms with E-state index >= 15 is 0 Å². The van der Waals surface area contributed by atoms with Gasteiger partial charge in [0.2, 0.25) is 0 Å². The summed E-state index contributed by atoms with van der Waals surface area (Å²) in [7, 11) is 0. The molecule has 2 amide bonds. The Bertz CT molecular complexity index is 1430. The number of carbonyl (C=O) groups is 2. The molecule has 0 saturated heterocycles. The number of aromatic nitrogens is 1. The van der Waals surface area contributed by atoms with Gasteiger partial charge in [-0.2, -0.15) is 0 Å². The Kier molecular flexibility index (Phi) is 5.52. The summed E-state index contributed by atoms with van der Waals surface area (Å²) in [6, 6.07) is 28.2. The van der Waals surface area contributed by atoms with Gasteiger partial charge in [0.25, 0.3) is 11.8 Å². The van der Waals surface area contributed by atoms with Crippen LogP contribution in [0.2, 0.25) is 0 Å². The monoisotopic (exact) mass is 445 g/mol. The second-order valence-corrected chi connectivity index (χ2v) is 8.35. The van der Waals surface area contributed by atoms with Gasteiger partial charge in [0.05, 0.1) is 11.0 Å². The van der Waals surface area contributed by atoms with Gasteiger partial charge in [-0.1, -0.05) is 36.4 Å². The van der Waals surface area contributed by atoms with Gasteiger partial charge in [0.15, 0.2) is 0 Å². The molecule has 5 aromatic rings. The fourth-order valence-corrected chi connectivity index (χ4v) is 4.00. The molecule has 2 N–H and O–H groups in total. The molecule has 4 aromatic carbocycles. The van der Waals surface area contributed by atoms with E-state index in [1.165, 1.54) is 0 Å². The lowest BCUT2D eigenvalue weighted by Gasteiger charge is -2.13. The zero-order valence-corrected chi connectivity index (χ0v) is 18.9. The maximum Gasteiger partial charge on any atom is 0.255 e. The summed E-state index contributed by atoms with van der Waals surface area (Å²) < 4.78 is 0. The van der Waals surface area contributed by atoms with Crippen molar-refractivity contribution in [1.82, 2.24) is 4.98 Å². The quantitative estimate of drug-likeness (QED) is 0.310. The Morgan fingerprint density at radius 3 is 1.41 bits per heavy atom. The molecule has 0 spiro atoms. The molecule has 0 saturated carbocycles. The number of fused-ring (bicyclic) bond motifs is 2. The van der Waals surface area contributed by atoms with E-state index in [0.717, 1.165) is 44.3 Å². The maximum absolute atomic E-state index is 12.6. The van der Waals surface area contributed by atoms with E-state index in [9.17, 15) is 9.59 Å². The third-order valence-corrected chi connectivity index (χ3v) is 5.87.